The average Bonchev–Trinajstić information content (AvgIpc) is 2.40. The maximum absolute atomic E-state index is 5.40. The van der Waals surface area contributed by atoms with Crippen LogP contribution in [0.2, 0.25) is 0 Å². The first kappa shape index (κ1) is 15.0. The van der Waals surface area contributed by atoms with Crippen molar-refractivity contribution in [1.29, 1.82) is 0 Å². The number of benzene rings is 1. The molecular formula is C15H25NO2. The van der Waals surface area contributed by atoms with Crippen molar-refractivity contribution in [1.82, 2.24) is 5.32 Å². The van der Waals surface area contributed by atoms with Crippen molar-refractivity contribution in [2.45, 2.75) is 19.3 Å². The average molecular weight is 251 g/mol. The largest absolute Gasteiger partial charge is 0.496 e. The molecule has 1 aromatic rings. The summed E-state index contributed by atoms with van der Waals surface area (Å²) in [5.74, 6) is 1.62. The molecule has 18 heavy (non-hydrogen) atoms. The number of hydrogen-bond acceptors (Lipinski definition) is 3. The van der Waals surface area contributed by atoms with Gasteiger partial charge >= 0.3 is 0 Å². The molecule has 3 heteroatoms. The lowest BCUT2D eigenvalue weighted by atomic mass is 9.94. The Morgan fingerprint density at radius 3 is 2.67 bits per heavy atom. The molecule has 0 saturated carbocycles. The van der Waals surface area contributed by atoms with Crippen LogP contribution in [0.1, 0.15) is 18.4 Å². The molecule has 0 aromatic heterocycles. The third kappa shape index (κ3) is 5.07. The first-order valence-corrected chi connectivity index (χ1v) is 6.57. The van der Waals surface area contributed by atoms with Gasteiger partial charge in [-0.2, -0.15) is 0 Å². The van der Waals surface area contributed by atoms with Crippen LogP contribution in [0.4, 0.5) is 0 Å². The molecule has 0 aliphatic heterocycles. The summed E-state index contributed by atoms with van der Waals surface area (Å²) in [6, 6.07) is 8.27. The predicted octanol–water partition coefficient (Wildman–Crippen LogP) is 2.50. The van der Waals surface area contributed by atoms with Gasteiger partial charge in [-0.25, -0.2) is 0 Å². The van der Waals surface area contributed by atoms with Crippen LogP contribution >= 0.6 is 0 Å². The van der Waals surface area contributed by atoms with Crippen LogP contribution in [-0.4, -0.2) is 34.4 Å². The monoisotopic (exact) mass is 251 g/mol. The zero-order valence-electron chi connectivity index (χ0n) is 11.7. The van der Waals surface area contributed by atoms with Crippen molar-refractivity contribution in [3.8, 4) is 5.75 Å². The molecule has 0 radical (unpaired) electrons. The van der Waals surface area contributed by atoms with E-state index in [1.165, 1.54) is 12.0 Å². The molecule has 1 N–H and O–H groups in total. The first-order valence-electron chi connectivity index (χ1n) is 6.57. The Morgan fingerprint density at radius 1 is 1.22 bits per heavy atom. The third-order valence-corrected chi connectivity index (χ3v) is 3.15. The molecule has 1 rings (SSSR count). The molecule has 1 atom stereocenters. The van der Waals surface area contributed by atoms with Crippen LogP contribution in [0.3, 0.4) is 0 Å². The number of para-hydroxylation sites is 1. The lowest BCUT2D eigenvalue weighted by Gasteiger charge is -2.18. The third-order valence-electron chi connectivity index (χ3n) is 3.15. The van der Waals surface area contributed by atoms with Crippen LogP contribution in [0.15, 0.2) is 24.3 Å². The number of rotatable bonds is 9. The first-order chi connectivity index (χ1) is 8.81. The van der Waals surface area contributed by atoms with Gasteiger partial charge in [-0.05, 0) is 50.4 Å². The van der Waals surface area contributed by atoms with Crippen molar-refractivity contribution in [2.75, 3.05) is 34.4 Å². The van der Waals surface area contributed by atoms with E-state index in [4.69, 9.17) is 9.47 Å². The second-order valence-electron chi connectivity index (χ2n) is 4.57. The number of hydrogen-bond donors (Lipinski definition) is 1. The number of methoxy groups -OCH3 is 2. The van der Waals surface area contributed by atoms with E-state index in [0.29, 0.717) is 5.92 Å². The fraction of sp³-hybridized carbons (Fsp3) is 0.600. The molecule has 1 aromatic carbocycles. The van der Waals surface area contributed by atoms with Gasteiger partial charge in [0.2, 0.25) is 0 Å². The zero-order chi connectivity index (χ0) is 13.2. The smallest absolute Gasteiger partial charge is 0.122 e. The standard InChI is InChI=1S/C15H25NO2/c1-16-12-13(7-6-10-17-2)11-14-8-4-5-9-15(14)18-3/h4-5,8-9,13,16H,6-7,10-12H2,1-3H3. The van der Waals surface area contributed by atoms with E-state index in [1.54, 1.807) is 14.2 Å². The summed E-state index contributed by atoms with van der Waals surface area (Å²) >= 11 is 0. The molecule has 0 bridgehead atoms. The lowest BCUT2D eigenvalue weighted by molar-refractivity contribution is 0.186. The van der Waals surface area contributed by atoms with E-state index in [9.17, 15) is 0 Å². The van der Waals surface area contributed by atoms with Crippen molar-refractivity contribution < 1.29 is 9.47 Å². The Balaban J connectivity index is 2.58. The number of ether oxygens (including phenoxy) is 2. The van der Waals surface area contributed by atoms with Crippen LogP contribution in [0, 0.1) is 5.92 Å². The molecule has 0 saturated heterocycles. The lowest BCUT2D eigenvalue weighted by Crippen LogP contribution is -2.21. The van der Waals surface area contributed by atoms with E-state index >= 15 is 0 Å². The quantitative estimate of drug-likeness (QED) is 0.684. The van der Waals surface area contributed by atoms with Gasteiger partial charge in [-0.1, -0.05) is 18.2 Å². The van der Waals surface area contributed by atoms with E-state index in [1.807, 2.05) is 19.2 Å². The van der Waals surface area contributed by atoms with Crippen LogP contribution in [0.25, 0.3) is 0 Å². The Bertz CT molecular complexity index is 328. The molecule has 0 heterocycles. The molecule has 0 spiro atoms. The highest BCUT2D eigenvalue weighted by atomic mass is 16.5. The SMILES string of the molecule is CNCC(CCCOC)Cc1ccccc1OC. The summed E-state index contributed by atoms with van der Waals surface area (Å²) in [6.45, 7) is 1.87. The summed E-state index contributed by atoms with van der Waals surface area (Å²) in [4.78, 5) is 0. The Morgan fingerprint density at radius 2 is 2.00 bits per heavy atom. The van der Waals surface area contributed by atoms with E-state index < -0.39 is 0 Å². The highest BCUT2D eigenvalue weighted by Gasteiger charge is 2.11. The summed E-state index contributed by atoms with van der Waals surface area (Å²) in [7, 11) is 5.50. The molecule has 0 aliphatic carbocycles. The van der Waals surface area contributed by atoms with Crippen molar-refractivity contribution in [2.24, 2.45) is 5.92 Å². The summed E-state index contributed by atoms with van der Waals surface area (Å²) in [6.07, 6.45) is 3.33. The summed E-state index contributed by atoms with van der Waals surface area (Å²) < 4.78 is 10.5. The van der Waals surface area contributed by atoms with Gasteiger partial charge < -0.3 is 14.8 Å². The minimum absolute atomic E-state index is 0.626. The van der Waals surface area contributed by atoms with Gasteiger partial charge in [0.25, 0.3) is 0 Å². The fourth-order valence-corrected chi connectivity index (χ4v) is 2.26. The molecule has 0 fully saturated rings. The van der Waals surface area contributed by atoms with Crippen molar-refractivity contribution >= 4 is 0 Å². The minimum Gasteiger partial charge on any atom is -0.496 e. The predicted molar refractivity (Wildman–Crippen MR) is 75.2 cm³/mol. The molecule has 0 amide bonds. The maximum Gasteiger partial charge on any atom is 0.122 e. The second kappa shape index (κ2) is 8.95. The Kier molecular flexibility index (Phi) is 7.46. The second-order valence-corrected chi connectivity index (χ2v) is 4.57. The summed E-state index contributed by atoms with van der Waals surface area (Å²) in [5, 5.41) is 3.27. The molecule has 1 unspecified atom stereocenters. The Labute approximate surface area is 110 Å². The van der Waals surface area contributed by atoms with Gasteiger partial charge in [-0.15, -0.1) is 0 Å². The van der Waals surface area contributed by atoms with Crippen LogP contribution < -0.4 is 10.1 Å². The summed E-state index contributed by atoms with van der Waals surface area (Å²) in [5.41, 5.74) is 1.29. The zero-order valence-corrected chi connectivity index (χ0v) is 11.7. The van der Waals surface area contributed by atoms with E-state index in [2.05, 4.69) is 17.4 Å². The van der Waals surface area contributed by atoms with Gasteiger partial charge in [0.15, 0.2) is 0 Å². The highest BCUT2D eigenvalue weighted by Crippen LogP contribution is 2.22. The Hall–Kier alpha value is -1.06. The van der Waals surface area contributed by atoms with E-state index in [-0.39, 0.29) is 0 Å². The van der Waals surface area contributed by atoms with Crippen LogP contribution in [0.5, 0.6) is 5.75 Å². The number of nitrogens with one attached hydrogen (secondary N) is 1. The van der Waals surface area contributed by atoms with Gasteiger partial charge in [-0.3, -0.25) is 0 Å². The molecular weight excluding hydrogens is 226 g/mol. The molecule has 0 aliphatic rings. The highest BCUT2D eigenvalue weighted by molar-refractivity contribution is 5.33. The minimum atomic E-state index is 0.626. The van der Waals surface area contributed by atoms with Gasteiger partial charge in [0.1, 0.15) is 5.75 Å². The topological polar surface area (TPSA) is 30.5 Å². The van der Waals surface area contributed by atoms with Crippen LogP contribution in [-0.2, 0) is 11.2 Å². The maximum atomic E-state index is 5.40. The van der Waals surface area contributed by atoms with Crippen molar-refractivity contribution in [3.05, 3.63) is 29.8 Å². The normalized spacial score (nSPS) is 12.4. The van der Waals surface area contributed by atoms with Gasteiger partial charge in [0.05, 0.1) is 7.11 Å². The van der Waals surface area contributed by atoms with E-state index in [0.717, 1.165) is 31.7 Å². The fourth-order valence-electron chi connectivity index (χ4n) is 2.26. The van der Waals surface area contributed by atoms with Gasteiger partial charge in [0, 0.05) is 13.7 Å². The molecule has 102 valence electrons. The molecule has 3 nitrogen and oxygen atoms in total. The van der Waals surface area contributed by atoms with Crippen molar-refractivity contribution in [3.63, 3.8) is 0 Å².